The molecule has 2 aromatic rings. The number of carbonyl (C=O) groups is 3. The van der Waals surface area contributed by atoms with Crippen molar-refractivity contribution in [1.29, 1.82) is 0 Å². The minimum absolute atomic E-state index is 0.193. The van der Waals surface area contributed by atoms with Crippen LogP contribution in [0.5, 0.6) is 0 Å². The van der Waals surface area contributed by atoms with Crippen LogP contribution in [-0.2, 0) is 16.0 Å². The van der Waals surface area contributed by atoms with Crippen LogP contribution < -0.4 is 15.1 Å². The monoisotopic (exact) mass is 383 g/mol. The predicted octanol–water partition coefficient (Wildman–Crippen LogP) is 2.91. The normalized spacial score (nSPS) is 22.1. The summed E-state index contributed by atoms with van der Waals surface area (Å²) in [6, 6.07) is 11.7. The SMILES string of the molecule is Cc1ccc2c(c1)CC1(CN2C)C(=O)NC(=O)N(c2cccc(Cl)c2)C1=O. The number of hydrogen-bond donors (Lipinski definition) is 1. The maximum Gasteiger partial charge on any atom is 0.335 e. The number of anilines is 2. The first kappa shape index (κ1) is 17.5. The van der Waals surface area contributed by atoms with Gasteiger partial charge in [-0.15, -0.1) is 0 Å². The van der Waals surface area contributed by atoms with E-state index in [2.05, 4.69) is 5.32 Å². The molecule has 0 radical (unpaired) electrons. The van der Waals surface area contributed by atoms with Gasteiger partial charge in [-0.05, 0) is 43.2 Å². The van der Waals surface area contributed by atoms with E-state index in [1.165, 1.54) is 6.07 Å². The number of carbonyl (C=O) groups excluding carboxylic acids is 3. The highest BCUT2D eigenvalue weighted by molar-refractivity contribution is 6.33. The van der Waals surface area contributed by atoms with Crippen LogP contribution in [0.2, 0.25) is 5.02 Å². The Kier molecular flexibility index (Phi) is 3.96. The van der Waals surface area contributed by atoms with Crippen LogP contribution in [0.1, 0.15) is 11.1 Å². The molecule has 6 nitrogen and oxygen atoms in total. The topological polar surface area (TPSA) is 69.7 Å². The molecule has 2 aliphatic rings. The molecule has 2 aromatic carbocycles. The van der Waals surface area contributed by atoms with Gasteiger partial charge in [-0.2, -0.15) is 0 Å². The lowest BCUT2D eigenvalue weighted by molar-refractivity contribution is -0.142. The Morgan fingerprint density at radius 1 is 1.11 bits per heavy atom. The molecular weight excluding hydrogens is 366 g/mol. The van der Waals surface area contributed by atoms with Crippen LogP contribution in [0, 0.1) is 12.3 Å². The lowest BCUT2D eigenvalue weighted by Crippen LogP contribution is -2.68. The van der Waals surface area contributed by atoms with Crippen LogP contribution in [0.3, 0.4) is 0 Å². The second-order valence-corrected chi connectivity index (χ2v) is 7.56. The van der Waals surface area contributed by atoms with Crippen molar-refractivity contribution < 1.29 is 14.4 Å². The number of barbiturate groups is 1. The molecule has 0 aromatic heterocycles. The average Bonchev–Trinajstić information content (AvgIpc) is 2.60. The van der Waals surface area contributed by atoms with Crippen LogP contribution in [0.15, 0.2) is 42.5 Å². The Bertz CT molecular complexity index is 990. The molecular formula is C20H18ClN3O3. The highest BCUT2D eigenvalue weighted by Gasteiger charge is 2.56. The largest absolute Gasteiger partial charge is 0.373 e. The van der Waals surface area contributed by atoms with Crippen molar-refractivity contribution in [3.05, 3.63) is 58.6 Å². The zero-order valence-corrected chi connectivity index (χ0v) is 15.7. The number of hydrogen-bond acceptors (Lipinski definition) is 4. The van der Waals surface area contributed by atoms with E-state index < -0.39 is 23.3 Å². The van der Waals surface area contributed by atoms with Crippen molar-refractivity contribution in [3.63, 3.8) is 0 Å². The van der Waals surface area contributed by atoms with Gasteiger partial charge in [-0.25, -0.2) is 9.69 Å². The third-order valence-electron chi connectivity index (χ3n) is 5.18. The van der Waals surface area contributed by atoms with E-state index >= 15 is 0 Å². The third kappa shape index (κ3) is 2.68. The molecule has 1 saturated heterocycles. The highest BCUT2D eigenvalue weighted by atomic mass is 35.5. The fourth-order valence-electron chi connectivity index (χ4n) is 3.92. The number of halogens is 1. The summed E-state index contributed by atoms with van der Waals surface area (Å²) in [5.41, 5.74) is 1.91. The summed E-state index contributed by atoms with van der Waals surface area (Å²) in [7, 11) is 1.84. The van der Waals surface area contributed by atoms with E-state index in [-0.39, 0.29) is 13.0 Å². The number of urea groups is 1. The van der Waals surface area contributed by atoms with E-state index in [4.69, 9.17) is 11.6 Å². The Balaban J connectivity index is 1.81. The van der Waals surface area contributed by atoms with Gasteiger partial charge in [0, 0.05) is 24.3 Å². The zero-order valence-electron chi connectivity index (χ0n) is 15.0. The minimum Gasteiger partial charge on any atom is -0.373 e. The standard InChI is InChI=1S/C20H18ClN3O3/c1-12-6-7-16-13(8-12)10-20(11-23(16)2)17(25)22-19(27)24(18(20)26)15-5-3-4-14(21)9-15/h3-9H,10-11H2,1-2H3,(H,22,25,27). The summed E-state index contributed by atoms with van der Waals surface area (Å²) >= 11 is 6.03. The number of nitrogens with zero attached hydrogens (tertiary/aromatic N) is 2. The quantitative estimate of drug-likeness (QED) is 0.769. The molecule has 1 fully saturated rings. The number of nitrogens with one attached hydrogen (secondary N) is 1. The van der Waals surface area contributed by atoms with Gasteiger partial charge in [0.15, 0.2) is 5.41 Å². The molecule has 0 saturated carbocycles. The van der Waals surface area contributed by atoms with Crippen LogP contribution in [0.4, 0.5) is 16.2 Å². The third-order valence-corrected chi connectivity index (χ3v) is 5.42. The Labute approximate surface area is 161 Å². The zero-order chi connectivity index (χ0) is 19.3. The van der Waals surface area contributed by atoms with Crippen molar-refractivity contribution in [3.8, 4) is 0 Å². The van der Waals surface area contributed by atoms with Crippen molar-refractivity contribution in [2.45, 2.75) is 13.3 Å². The molecule has 1 N–H and O–H groups in total. The van der Waals surface area contributed by atoms with Crippen molar-refractivity contribution >= 4 is 40.8 Å². The lowest BCUT2D eigenvalue weighted by Gasteiger charge is -2.45. The second kappa shape index (κ2) is 6.09. The lowest BCUT2D eigenvalue weighted by atomic mass is 9.74. The number of rotatable bonds is 1. The summed E-state index contributed by atoms with van der Waals surface area (Å²) in [5.74, 6) is -1.09. The Hall–Kier alpha value is -2.86. The van der Waals surface area contributed by atoms with E-state index in [1.54, 1.807) is 18.2 Å². The van der Waals surface area contributed by atoms with E-state index in [1.807, 2.05) is 37.1 Å². The summed E-state index contributed by atoms with van der Waals surface area (Å²) in [5, 5.41) is 2.77. The maximum absolute atomic E-state index is 13.4. The number of fused-ring (bicyclic) bond motifs is 1. The predicted molar refractivity (Wildman–Crippen MR) is 103 cm³/mol. The smallest absolute Gasteiger partial charge is 0.335 e. The van der Waals surface area contributed by atoms with Gasteiger partial charge in [0.1, 0.15) is 0 Å². The summed E-state index contributed by atoms with van der Waals surface area (Å²) in [4.78, 5) is 41.7. The van der Waals surface area contributed by atoms with Crippen LogP contribution >= 0.6 is 11.6 Å². The average molecular weight is 384 g/mol. The molecule has 0 bridgehead atoms. The maximum atomic E-state index is 13.4. The van der Waals surface area contributed by atoms with E-state index in [9.17, 15) is 14.4 Å². The highest BCUT2D eigenvalue weighted by Crippen LogP contribution is 2.40. The van der Waals surface area contributed by atoms with Gasteiger partial charge in [-0.3, -0.25) is 14.9 Å². The minimum atomic E-state index is -1.37. The van der Waals surface area contributed by atoms with Gasteiger partial charge in [0.25, 0.3) is 5.91 Å². The van der Waals surface area contributed by atoms with Gasteiger partial charge in [-0.1, -0.05) is 35.4 Å². The van der Waals surface area contributed by atoms with Gasteiger partial charge in [0.2, 0.25) is 5.91 Å². The molecule has 2 heterocycles. The number of amides is 4. The molecule has 4 amide bonds. The molecule has 1 unspecified atom stereocenters. The summed E-state index contributed by atoms with van der Waals surface area (Å²) in [6.45, 7) is 2.16. The van der Waals surface area contributed by atoms with Gasteiger partial charge in [0.05, 0.1) is 5.69 Å². The fraction of sp³-hybridized carbons (Fsp3) is 0.250. The van der Waals surface area contributed by atoms with Gasteiger partial charge >= 0.3 is 6.03 Å². The number of benzene rings is 2. The number of aryl methyl sites for hydroxylation is 1. The number of imide groups is 2. The van der Waals surface area contributed by atoms with Crippen molar-refractivity contribution in [2.75, 3.05) is 23.4 Å². The Morgan fingerprint density at radius 2 is 1.89 bits per heavy atom. The van der Waals surface area contributed by atoms with Crippen molar-refractivity contribution in [2.24, 2.45) is 5.41 Å². The first-order valence-corrected chi connectivity index (χ1v) is 8.96. The molecule has 2 aliphatic heterocycles. The van der Waals surface area contributed by atoms with Crippen LogP contribution in [0.25, 0.3) is 0 Å². The molecule has 4 rings (SSSR count). The van der Waals surface area contributed by atoms with Crippen LogP contribution in [-0.4, -0.2) is 31.4 Å². The van der Waals surface area contributed by atoms with E-state index in [0.717, 1.165) is 21.7 Å². The van der Waals surface area contributed by atoms with E-state index in [0.29, 0.717) is 10.7 Å². The first-order chi connectivity index (χ1) is 12.8. The molecule has 1 atom stereocenters. The van der Waals surface area contributed by atoms with Crippen molar-refractivity contribution in [1.82, 2.24) is 5.32 Å². The second-order valence-electron chi connectivity index (χ2n) is 7.13. The summed E-state index contributed by atoms with van der Waals surface area (Å²) in [6.07, 6.45) is 0.239. The molecule has 138 valence electrons. The molecule has 7 heteroatoms. The molecule has 0 aliphatic carbocycles. The Morgan fingerprint density at radius 3 is 2.63 bits per heavy atom. The molecule has 27 heavy (non-hydrogen) atoms. The fourth-order valence-corrected chi connectivity index (χ4v) is 4.10. The molecule has 1 spiro atoms. The first-order valence-electron chi connectivity index (χ1n) is 8.58. The summed E-state index contributed by atoms with van der Waals surface area (Å²) < 4.78 is 0. The van der Waals surface area contributed by atoms with Gasteiger partial charge < -0.3 is 4.90 Å².